The standard InChI is InChI=1S/C17H19N3O6S/c1-25-15-4-3-13(27(23,24)20-6-8-26-9-7-20)10-14(15)19-17(22)12-2-5-16(21)18-11-12/h2-5,10-11H,6-9H2,1H3,(H,18,21)(H,19,22). The van der Waals surface area contributed by atoms with Gasteiger partial charge < -0.3 is 19.8 Å². The molecule has 144 valence electrons. The molecule has 0 saturated carbocycles. The minimum absolute atomic E-state index is 0.0435. The second kappa shape index (κ2) is 7.91. The number of carbonyl (C=O) groups is 1. The van der Waals surface area contributed by atoms with Crippen molar-refractivity contribution in [3.63, 3.8) is 0 Å². The van der Waals surface area contributed by atoms with Gasteiger partial charge in [0.25, 0.3) is 5.91 Å². The number of ether oxygens (including phenoxy) is 2. The summed E-state index contributed by atoms with van der Waals surface area (Å²) in [6, 6.07) is 6.86. The molecule has 3 rings (SSSR count). The fraction of sp³-hybridized carbons (Fsp3) is 0.294. The molecule has 2 aromatic rings. The molecule has 1 aliphatic heterocycles. The van der Waals surface area contributed by atoms with Crippen molar-refractivity contribution in [1.82, 2.24) is 9.29 Å². The molecule has 1 fully saturated rings. The summed E-state index contributed by atoms with van der Waals surface area (Å²) in [5.74, 6) is -0.195. The first-order valence-corrected chi connectivity index (χ1v) is 9.62. The van der Waals surface area contributed by atoms with Crippen LogP contribution in [0.1, 0.15) is 10.4 Å². The van der Waals surface area contributed by atoms with Gasteiger partial charge in [0, 0.05) is 25.4 Å². The number of hydrogen-bond donors (Lipinski definition) is 2. The van der Waals surface area contributed by atoms with E-state index < -0.39 is 15.9 Å². The van der Waals surface area contributed by atoms with Gasteiger partial charge in [-0.3, -0.25) is 9.59 Å². The van der Waals surface area contributed by atoms with E-state index in [1.54, 1.807) is 0 Å². The number of morpholine rings is 1. The minimum atomic E-state index is -3.72. The Kier molecular flexibility index (Phi) is 5.59. The van der Waals surface area contributed by atoms with Gasteiger partial charge in [0.15, 0.2) is 0 Å². The monoisotopic (exact) mass is 393 g/mol. The molecule has 1 aromatic heterocycles. The average molecular weight is 393 g/mol. The molecule has 1 amide bonds. The molecule has 0 aliphatic carbocycles. The Morgan fingerprint density at radius 3 is 2.59 bits per heavy atom. The number of rotatable bonds is 5. The maximum atomic E-state index is 12.8. The molecule has 0 spiro atoms. The van der Waals surface area contributed by atoms with E-state index in [-0.39, 0.29) is 34.8 Å². The number of amides is 1. The molecule has 1 saturated heterocycles. The van der Waals surface area contributed by atoms with Crippen molar-refractivity contribution < 1.29 is 22.7 Å². The molecule has 0 radical (unpaired) electrons. The Hall–Kier alpha value is -2.69. The predicted octanol–water partition coefficient (Wildman–Crippen LogP) is 0.657. The van der Waals surface area contributed by atoms with Crippen molar-refractivity contribution in [3.05, 3.63) is 52.4 Å². The highest BCUT2D eigenvalue weighted by Gasteiger charge is 2.27. The van der Waals surface area contributed by atoms with Crippen molar-refractivity contribution in [2.24, 2.45) is 0 Å². The Morgan fingerprint density at radius 2 is 1.96 bits per heavy atom. The Morgan fingerprint density at radius 1 is 1.22 bits per heavy atom. The van der Waals surface area contributed by atoms with Gasteiger partial charge in [-0.1, -0.05) is 0 Å². The number of benzene rings is 1. The van der Waals surface area contributed by atoms with Crippen LogP contribution in [0.4, 0.5) is 5.69 Å². The first-order valence-electron chi connectivity index (χ1n) is 8.18. The third-order valence-electron chi connectivity index (χ3n) is 4.07. The van der Waals surface area contributed by atoms with E-state index in [1.165, 1.54) is 47.9 Å². The molecule has 10 heteroatoms. The van der Waals surface area contributed by atoms with E-state index in [2.05, 4.69) is 10.3 Å². The zero-order chi connectivity index (χ0) is 19.4. The number of pyridine rings is 1. The van der Waals surface area contributed by atoms with Crippen molar-refractivity contribution in [2.75, 3.05) is 38.7 Å². The second-order valence-corrected chi connectivity index (χ2v) is 7.71. The first-order chi connectivity index (χ1) is 12.9. The maximum absolute atomic E-state index is 12.8. The van der Waals surface area contributed by atoms with Crippen LogP contribution < -0.4 is 15.6 Å². The van der Waals surface area contributed by atoms with E-state index in [4.69, 9.17) is 9.47 Å². The predicted molar refractivity (Wildman–Crippen MR) is 97.6 cm³/mol. The second-order valence-electron chi connectivity index (χ2n) is 5.77. The van der Waals surface area contributed by atoms with Gasteiger partial charge in [-0.25, -0.2) is 8.42 Å². The van der Waals surface area contributed by atoms with E-state index in [9.17, 15) is 18.0 Å². The van der Waals surface area contributed by atoms with Gasteiger partial charge in [0.05, 0.1) is 36.5 Å². The molecule has 0 atom stereocenters. The van der Waals surface area contributed by atoms with E-state index in [1.807, 2.05) is 0 Å². The van der Waals surface area contributed by atoms with Crippen LogP contribution in [-0.2, 0) is 14.8 Å². The number of aromatic amines is 1. The first kappa shape index (κ1) is 19.1. The third kappa shape index (κ3) is 4.18. The van der Waals surface area contributed by atoms with Crippen LogP contribution >= 0.6 is 0 Å². The van der Waals surface area contributed by atoms with Crippen LogP contribution in [0.2, 0.25) is 0 Å². The highest BCUT2D eigenvalue weighted by atomic mass is 32.2. The van der Waals surface area contributed by atoms with E-state index >= 15 is 0 Å². The fourth-order valence-corrected chi connectivity index (χ4v) is 4.06. The van der Waals surface area contributed by atoms with Crippen LogP contribution in [0.3, 0.4) is 0 Å². The summed E-state index contributed by atoms with van der Waals surface area (Å²) in [7, 11) is -2.30. The fourth-order valence-electron chi connectivity index (χ4n) is 2.63. The summed E-state index contributed by atoms with van der Waals surface area (Å²) in [5.41, 5.74) is 0.101. The van der Waals surface area contributed by atoms with E-state index in [0.29, 0.717) is 19.0 Å². The molecule has 27 heavy (non-hydrogen) atoms. The molecule has 9 nitrogen and oxygen atoms in total. The van der Waals surface area contributed by atoms with Gasteiger partial charge >= 0.3 is 0 Å². The van der Waals surface area contributed by atoms with Gasteiger partial charge in [0.2, 0.25) is 15.6 Å². The molecule has 2 N–H and O–H groups in total. The van der Waals surface area contributed by atoms with Crippen molar-refractivity contribution in [2.45, 2.75) is 4.90 Å². The molecule has 0 unspecified atom stereocenters. The van der Waals surface area contributed by atoms with Crippen molar-refractivity contribution >= 4 is 21.6 Å². The number of H-pyrrole nitrogens is 1. The SMILES string of the molecule is COc1ccc(S(=O)(=O)N2CCOCC2)cc1NC(=O)c1ccc(=O)[nH]c1. The summed E-state index contributed by atoms with van der Waals surface area (Å²) in [4.78, 5) is 26.0. The lowest BCUT2D eigenvalue weighted by atomic mass is 10.2. The van der Waals surface area contributed by atoms with Gasteiger partial charge in [-0.2, -0.15) is 4.31 Å². The number of carbonyl (C=O) groups excluding carboxylic acids is 1. The summed E-state index contributed by atoms with van der Waals surface area (Å²) in [6.07, 6.45) is 1.28. The number of aromatic nitrogens is 1. The van der Waals surface area contributed by atoms with Gasteiger partial charge in [-0.15, -0.1) is 0 Å². The summed E-state index contributed by atoms with van der Waals surface area (Å²) in [6.45, 7) is 1.22. The normalized spacial score (nSPS) is 15.3. The minimum Gasteiger partial charge on any atom is -0.495 e. The molecular formula is C17H19N3O6S. The van der Waals surface area contributed by atoms with Crippen LogP contribution in [0.5, 0.6) is 5.75 Å². The summed E-state index contributed by atoms with van der Waals surface area (Å²) >= 11 is 0. The Bertz CT molecular complexity index is 975. The smallest absolute Gasteiger partial charge is 0.257 e. The number of hydrogen-bond acceptors (Lipinski definition) is 6. The van der Waals surface area contributed by atoms with Crippen molar-refractivity contribution in [1.29, 1.82) is 0 Å². The number of methoxy groups -OCH3 is 1. The summed E-state index contributed by atoms with van der Waals surface area (Å²) < 4.78 is 37.4. The third-order valence-corrected chi connectivity index (χ3v) is 5.97. The number of nitrogens with zero attached hydrogens (tertiary/aromatic N) is 1. The molecular weight excluding hydrogens is 374 g/mol. The van der Waals surface area contributed by atoms with Crippen LogP contribution in [0.15, 0.2) is 46.2 Å². The lowest BCUT2D eigenvalue weighted by Gasteiger charge is -2.26. The highest BCUT2D eigenvalue weighted by Crippen LogP contribution is 2.29. The zero-order valence-corrected chi connectivity index (χ0v) is 15.4. The molecule has 1 aliphatic rings. The molecule has 2 heterocycles. The quantitative estimate of drug-likeness (QED) is 0.770. The average Bonchev–Trinajstić information content (AvgIpc) is 2.69. The topological polar surface area (TPSA) is 118 Å². The maximum Gasteiger partial charge on any atom is 0.257 e. The number of anilines is 1. The largest absolute Gasteiger partial charge is 0.495 e. The van der Waals surface area contributed by atoms with Gasteiger partial charge in [-0.05, 0) is 24.3 Å². The lowest BCUT2D eigenvalue weighted by molar-refractivity contribution is 0.0730. The van der Waals surface area contributed by atoms with Crippen molar-refractivity contribution in [3.8, 4) is 5.75 Å². The zero-order valence-electron chi connectivity index (χ0n) is 14.6. The van der Waals surface area contributed by atoms with Crippen LogP contribution in [-0.4, -0.2) is 57.0 Å². The number of sulfonamides is 1. The Labute approximate surface area is 156 Å². The van der Waals surface area contributed by atoms with Gasteiger partial charge in [0.1, 0.15) is 5.75 Å². The summed E-state index contributed by atoms with van der Waals surface area (Å²) in [5, 5.41) is 2.62. The molecule has 0 bridgehead atoms. The van der Waals surface area contributed by atoms with E-state index in [0.717, 1.165) is 0 Å². The Balaban J connectivity index is 1.90. The van der Waals surface area contributed by atoms with Crippen LogP contribution in [0.25, 0.3) is 0 Å². The van der Waals surface area contributed by atoms with Crippen LogP contribution in [0, 0.1) is 0 Å². The molecule has 1 aromatic carbocycles. The highest BCUT2D eigenvalue weighted by molar-refractivity contribution is 7.89. The number of nitrogens with one attached hydrogen (secondary N) is 2. The lowest BCUT2D eigenvalue weighted by Crippen LogP contribution is -2.40.